The molecule has 0 aliphatic carbocycles. The number of esters is 1. The van der Waals surface area contributed by atoms with Gasteiger partial charge in [-0.2, -0.15) is 13.2 Å². The monoisotopic (exact) mass is 429 g/mol. The molecule has 0 bridgehead atoms. The van der Waals surface area contributed by atoms with Gasteiger partial charge in [-0.25, -0.2) is 9.78 Å². The number of carbonyl (C=O) groups is 1. The van der Waals surface area contributed by atoms with Gasteiger partial charge in [-0.15, -0.1) is 13.2 Å². The minimum Gasteiger partial charge on any atom is -0.462 e. The summed E-state index contributed by atoms with van der Waals surface area (Å²) in [5.41, 5.74) is -3.03. The van der Waals surface area contributed by atoms with Crippen molar-refractivity contribution in [3.63, 3.8) is 0 Å². The van der Waals surface area contributed by atoms with Crippen LogP contribution in [0.4, 0.5) is 26.3 Å². The third kappa shape index (κ3) is 4.61. The first kappa shape index (κ1) is 17.8. The molecule has 11 heteroatoms. The van der Waals surface area contributed by atoms with E-state index in [-0.39, 0.29) is 12.8 Å². The fraction of sp³-hybridized carbons (Fsp3) is 0.400. The molecule has 0 aromatic carbocycles. The second-order valence-electron chi connectivity index (χ2n) is 3.43. The lowest BCUT2D eigenvalue weighted by atomic mass is 10.1. The van der Waals surface area contributed by atoms with Crippen molar-refractivity contribution < 1.29 is 40.6 Å². The van der Waals surface area contributed by atoms with Gasteiger partial charge in [0.2, 0.25) is 0 Å². The van der Waals surface area contributed by atoms with Gasteiger partial charge >= 0.3 is 18.5 Å². The summed E-state index contributed by atoms with van der Waals surface area (Å²) in [6.45, 7) is 0.974. The summed E-state index contributed by atoms with van der Waals surface area (Å²) in [4.78, 5) is 14.7. The van der Waals surface area contributed by atoms with E-state index in [9.17, 15) is 31.1 Å². The van der Waals surface area contributed by atoms with Crippen molar-refractivity contribution in [1.82, 2.24) is 4.98 Å². The summed E-state index contributed by atoms with van der Waals surface area (Å²) < 4.78 is 82.6. The molecule has 0 spiro atoms. The smallest absolute Gasteiger partial charge is 0.462 e. The maximum absolute atomic E-state index is 12.8. The lowest BCUT2D eigenvalue weighted by molar-refractivity contribution is -0.275. The second kappa shape index (κ2) is 6.23. The zero-order valence-corrected chi connectivity index (χ0v) is 12.3. The molecule has 0 saturated heterocycles. The Balaban J connectivity index is 3.56. The molecule has 0 radical (unpaired) electrons. The molecule has 0 atom stereocenters. The number of rotatable bonds is 3. The molecular formula is C10H6F6INO3. The molecule has 1 aromatic rings. The van der Waals surface area contributed by atoms with E-state index >= 15 is 0 Å². The van der Waals surface area contributed by atoms with Gasteiger partial charge < -0.3 is 9.47 Å². The summed E-state index contributed by atoms with van der Waals surface area (Å²) >= 11 is 1.22. The predicted molar refractivity (Wildman–Crippen MR) is 64.6 cm³/mol. The number of aromatic nitrogens is 1. The van der Waals surface area contributed by atoms with Crippen molar-refractivity contribution in [3.8, 4) is 5.75 Å². The zero-order chi connectivity index (χ0) is 16.4. The van der Waals surface area contributed by atoms with Crippen LogP contribution in [0.25, 0.3) is 0 Å². The molecule has 0 amide bonds. The van der Waals surface area contributed by atoms with Crippen molar-refractivity contribution >= 4 is 28.6 Å². The molecule has 1 heterocycles. The molecule has 0 saturated carbocycles. The highest BCUT2D eigenvalue weighted by Crippen LogP contribution is 2.39. The Morgan fingerprint density at radius 3 is 2.29 bits per heavy atom. The topological polar surface area (TPSA) is 48.4 Å². The molecule has 0 aliphatic heterocycles. The van der Waals surface area contributed by atoms with Gasteiger partial charge in [0, 0.05) is 6.20 Å². The van der Waals surface area contributed by atoms with Crippen LogP contribution in [0.15, 0.2) is 6.20 Å². The largest absolute Gasteiger partial charge is 0.573 e. The van der Waals surface area contributed by atoms with Gasteiger partial charge in [0.1, 0.15) is 9.26 Å². The van der Waals surface area contributed by atoms with E-state index in [1.807, 2.05) is 0 Å². The Hall–Kier alpha value is -1.27. The van der Waals surface area contributed by atoms with Crippen molar-refractivity contribution in [2.24, 2.45) is 0 Å². The Morgan fingerprint density at radius 2 is 1.86 bits per heavy atom. The third-order valence-electron chi connectivity index (χ3n) is 1.99. The van der Waals surface area contributed by atoms with Gasteiger partial charge in [-0.05, 0) is 29.5 Å². The first-order valence-electron chi connectivity index (χ1n) is 5.16. The molecule has 0 aliphatic rings. The summed E-state index contributed by atoms with van der Waals surface area (Å²) in [6, 6.07) is 0. The molecule has 0 unspecified atom stereocenters. The van der Waals surface area contributed by atoms with Gasteiger partial charge in [0.15, 0.2) is 5.75 Å². The van der Waals surface area contributed by atoms with Crippen molar-refractivity contribution in [2.45, 2.75) is 19.5 Å². The van der Waals surface area contributed by atoms with E-state index in [0.29, 0.717) is 0 Å². The molecular weight excluding hydrogens is 423 g/mol. The highest BCUT2D eigenvalue weighted by Gasteiger charge is 2.42. The SMILES string of the molecule is CCOC(=O)c1c(C(F)(F)F)cnc(I)c1OC(F)(F)F. The van der Waals surface area contributed by atoms with Crippen LogP contribution < -0.4 is 4.74 Å². The predicted octanol–water partition coefficient (Wildman–Crippen LogP) is 3.78. The van der Waals surface area contributed by atoms with Crippen molar-refractivity contribution in [3.05, 3.63) is 21.0 Å². The Bertz CT molecular complexity index is 543. The number of alkyl halides is 6. The van der Waals surface area contributed by atoms with E-state index < -0.39 is 39.1 Å². The van der Waals surface area contributed by atoms with E-state index in [1.165, 1.54) is 29.5 Å². The number of carbonyl (C=O) groups excluding carboxylic acids is 1. The van der Waals surface area contributed by atoms with Gasteiger partial charge in [-0.1, -0.05) is 0 Å². The molecule has 21 heavy (non-hydrogen) atoms. The maximum atomic E-state index is 12.8. The Morgan fingerprint density at radius 1 is 1.29 bits per heavy atom. The number of nitrogens with zero attached hydrogens (tertiary/aromatic N) is 1. The van der Waals surface area contributed by atoms with E-state index in [2.05, 4.69) is 14.5 Å². The minimum atomic E-state index is -5.28. The van der Waals surface area contributed by atoms with Crippen molar-refractivity contribution in [1.29, 1.82) is 0 Å². The van der Waals surface area contributed by atoms with Crippen LogP contribution in [-0.2, 0) is 10.9 Å². The summed E-state index contributed by atoms with van der Waals surface area (Å²) in [6.07, 6.45) is -10.1. The molecule has 0 N–H and O–H groups in total. The van der Waals surface area contributed by atoms with Crippen LogP contribution in [0.5, 0.6) is 5.75 Å². The van der Waals surface area contributed by atoms with Crippen LogP contribution in [0.1, 0.15) is 22.8 Å². The lowest BCUT2D eigenvalue weighted by Gasteiger charge is -2.17. The first-order chi connectivity index (χ1) is 9.47. The maximum Gasteiger partial charge on any atom is 0.573 e. The second-order valence-corrected chi connectivity index (χ2v) is 4.45. The summed E-state index contributed by atoms with van der Waals surface area (Å²) in [5, 5.41) is 0. The van der Waals surface area contributed by atoms with Crippen LogP contribution in [0.2, 0.25) is 0 Å². The average molecular weight is 429 g/mol. The number of ether oxygens (including phenoxy) is 2. The number of hydrogen-bond acceptors (Lipinski definition) is 4. The van der Waals surface area contributed by atoms with Gasteiger partial charge in [0.25, 0.3) is 0 Å². The average Bonchev–Trinajstić information content (AvgIpc) is 2.28. The number of pyridine rings is 1. The van der Waals surface area contributed by atoms with E-state index in [0.717, 1.165) is 0 Å². The van der Waals surface area contributed by atoms with Crippen LogP contribution >= 0.6 is 22.6 Å². The van der Waals surface area contributed by atoms with Crippen LogP contribution in [0, 0.1) is 3.70 Å². The van der Waals surface area contributed by atoms with Crippen molar-refractivity contribution in [2.75, 3.05) is 6.61 Å². The van der Waals surface area contributed by atoms with E-state index in [1.54, 1.807) is 0 Å². The zero-order valence-electron chi connectivity index (χ0n) is 10.1. The van der Waals surface area contributed by atoms with Crippen LogP contribution in [-0.4, -0.2) is 23.9 Å². The first-order valence-corrected chi connectivity index (χ1v) is 6.23. The Kier molecular flexibility index (Phi) is 5.28. The quantitative estimate of drug-likeness (QED) is 0.318. The number of hydrogen-bond donors (Lipinski definition) is 0. The summed E-state index contributed by atoms with van der Waals surface area (Å²) in [5.74, 6) is -2.92. The minimum absolute atomic E-state index is 0.247. The molecule has 0 fully saturated rings. The van der Waals surface area contributed by atoms with Gasteiger partial charge in [-0.3, -0.25) is 0 Å². The highest BCUT2D eigenvalue weighted by atomic mass is 127. The Labute approximate surface area is 127 Å². The fourth-order valence-electron chi connectivity index (χ4n) is 1.30. The van der Waals surface area contributed by atoms with Gasteiger partial charge in [0.05, 0.1) is 12.2 Å². The molecule has 1 rings (SSSR count). The third-order valence-corrected chi connectivity index (χ3v) is 2.76. The van der Waals surface area contributed by atoms with Crippen LogP contribution in [0.3, 0.4) is 0 Å². The molecule has 1 aromatic heterocycles. The number of halogens is 7. The molecule has 4 nitrogen and oxygen atoms in total. The lowest BCUT2D eigenvalue weighted by Crippen LogP contribution is -2.24. The van der Waals surface area contributed by atoms with E-state index in [4.69, 9.17) is 0 Å². The summed E-state index contributed by atoms with van der Waals surface area (Å²) in [7, 11) is 0. The molecule has 118 valence electrons. The fourth-order valence-corrected chi connectivity index (χ4v) is 1.82. The highest BCUT2D eigenvalue weighted by molar-refractivity contribution is 14.1. The normalized spacial score (nSPS) is 12.2. The standard InChI is InChI=1S/C10H6F6INO3/c1-2-20-8(19)5-4(9(11,12)13)3-18-7(17)6(5)21-10(14,15)16/h3H,2H2,1H3.